The number of nitrogens with one attached hydrogen (secondary N) is 2. The van der Waals surface area contributed by atoms with Crippen molar-refractivity contribution in [3.05, 3.63) is 66.0 Å². The fraction of sp³-hybridized carbons (Fsp3) is 0.286. The molecule has 3 aromatic rings. The van der Waals surface area contributed by atoms with Gasteiger partial charge in [0.2, 0.25) is 0 Å². The average Bonchev–Trinajstić information content (AvgIpc) is 3.11. The van der Waals surface area contributed by atoms with Crippen molar-refractivity contribution in [1.29, 1.82) is 0 Å². The van der Waals surface area contributed by atoms with Gasteiger partial charge in [-0.15, -0.1) is 5.10 Å². The molecule has 0 aliphatic carbocycles. The molecule has 1 aliphatic rings. The van der Waals surface area contributed by atoms with Crippen molar-refractivity contribution in [2.45, 2.75) is 25.8 Å². The van der Waals surface area contributed by atoms with Crippen molar-refractivity contribution in [3.8, 4) is 16.8 Å². The lowest BCUT2D eigenvalue weighted by atomic mass is 10.1. The Morgan fingerprint density at radius 1 is 1.04 bits per heavy atom. The monoisotopic (exact) mass is 361 g/mol. The molecule has 1 aliphatic heterocycles. The third-order valence-electron chi connectivity index (χ3n) is 5.00. The highest BCUT2D eigenvalue weighted by Crippen LogP contribution is 2.21. The first kappa shape index (κ1) is 17.4. The lowest BCUT2D eigenvalue weighted by Crippen LogP contribution is -2.43. The molecule has 1 saturated heterocycles. The van der Waals surface area contributed by atoms with Crippen molar-refractivity contribution in [3.63, 3.8) is 0 Å². The van der Waals surface area contributed by atoms with Crippen LogP contribution in [0.5, 0.6) is 0 Å². The third kappa shape index (κ3) is 3.75. The van der Waals surface area contributed by atoms with E-state index < -0.39 is 0 Å². The predicted molar refractivity (Wildman–Crippen MR) is 105 cm³/mol. The number of carbonyl (C=O) groups excluding carboxylic acids is 1. The smallest absolute Gasteiger partial charge is 0.273 e. The molecule has 0 spiro atoms. The van der Waals surface area contributed by atoms with E-state index in [-0.39, 0.29) is 11.9 Å². The molecule has 4 rings (SSSR count). The largest absolute Gasteiger partial charge is 0.348 e. The van der Waals surface area contributed by atoms with Gasteiger partial charge < -0.3 is 10.6 Å². The van der Waals surface area contributed by atoms with Gasteiger partial charge in [0.25, 0.3) is 5.91 Å². The summed E-state index contributed by atoms with van der Waals surface area (Å²) in [6.45, 7) is 3.75. The quantitative estimate of drug-likeness (QED) is 0.749. The summed E-state index contributed by atoms with van der Waals surface area (Å²) in [5.74, 6) is -0.147. The Balaban J connectivity index is 1.52. The van der Waals surface area contributed by atoms with E-state index in [2.05, 4.69) is 45.2 Å². The zero-order valence-electron chi connectivity index (χ0n) is 15.4. The maximum absolute atomic E-state index is 12.6. The number of aromatic nitrogens is 3. The Kier molecular flexibility index (Phi) is 4.98. The molecule has 0 bridgehead atoms. The molecular weight excluding hydrogens is 338 g/mol. The molecule has 2 aromatic carbocycles. The second-order valence-electron chi connectivity index (χ2n) is 6.85. The third-order valence-corrected chi connectivity index (χ3v) is 5.00. The first-order valence-corrected chi connectivity index (χ1v) is 9.32. The van der Waals surface area contributed by atoms with Crippen LogP contribution in [-0.2, 0) is 0 Å². The van der Waals surface area contributed by atoms with Gasteiger partial charge >= 0.3 is 0 Å². The predicted octanol–water partition coefficient (Wildman–Crippen LogP) is 2.72. The Morgan fingerprint density at radius 2 is 1.70 bits per heavy atom. The summed E-state index contributed by atoms with van der Waals surface area (Å²) in [5, 5.41) is 14.7. The van der Waals surface area contributed by atoms with Gasteiger partial charge in [-0.1, -0.05) is 47.7 Å². The molecular formula is C21H23N5O. The van der Waals surface area contributed by atoms with Crippen LogP contribution in [0.1, 0.15) is 29.0 Å². The van der Waals surface area contributed by atoms with Crippen molar-refractivity contribution >= 4 is 5.91 Å². The first-order valence-electron chi connectivity index (χ1n) is 9.32. The summed E-state index contributed by atoms with van der Waals surface area (Å²) in [4.78, 5) is 12.6. The number of carbonyl (C=O) groups is 1. The van der Waals surface area contributed by atoms with E-state index >= 15 is 0 Å². The summed E-state index contributed by atoms with van der Waals surface area (Å²) in [6, 6.07) is 18.5. The minimum Gasteiger partial charge on any atom is -0.348 e. The van der Waals surface area contributed by atoms with Crippen LogP contribution >= 0.6 is 0 Å². The van der Waals surface area contributed by atoms with Crippen molar-refractivity contribution in [2.75, 3.05) is 13.1 Å². The normalized spacial score (nSPS) is 14.9. The Morgan fingerprint density at radius 3 is 2.41 bits per heavy atom. The van der Waals surface area contributed by atoms with Crippen molar-refractivity contribution in [2.24, 2.45) is 0 Å². The molecule has 6 heteroatoms. The van der Waals surface area contributed by atoms with Gasteiger partial charge in [-0.05, 0) is 56.1 Å². The number of hydrogen-bond donors (Lipinski definition) is 2. The topological polar surface area (TPSA) is 71.8 Å². The lowest BCUT2D eigenvalue weighted by Gasteiger charge is -2.23. The Labute approximate surface area is 158 Å². The van der Waals surface area contributed by atoms with E-state index in [9.17, 15) is 4.79 Å². The molecule has 1 amide bonds. The zero-order valence-corrected chi connectivity index (χ0v) is 15.4. The van der Waals surface area contributed by atoms with E-state index in [1.165, 1.54) is 5.56 Å². The van der Waals surface area contributed by atoms with Crippen molar-refractivity contribution in [1.82, 2.24) is 25.6 Å². The zero-order chi connectivity index (χ0) is 18.6. The minimum absolute atomic E-state index is 0.147. The van der Waals surface area contributed by atoms with Crippen LogP contribution in [0.2, 0.25) is 0 Å². The highest BCUT2D eigenvalue weighted by atomic mass is 16.2. The molecule has 6 nitrogen and oxygen atoms in total. The Hall–Kier alpha value is -2.99. The maximum atomic E-state index is 12.6. The van der Waals surface area contributed by atoms with Crippen LogP contribution < -0.4 is 10.6 Å². The summed E-state index contributed by atoms with van der Waals surface area (Å²) in [7, 11) is 0. The van der Waals surface area contributed by atoms with Gasteiger partial charge in [0.05, 0.1) is 11.4 Å². The SMILES string of the molecule is Cc1c(C(=O)NC2CCNCC2)nnn1-c1ccc(-c2ccccc2)cc1. The van der Waals surface area contributed by atoms with Gasteiger partial charge in [-0.2, -0.15) is 0 Å². The number of rotatable bonds is 4. The summed E-state index contributed by atoms with van der Waals surface area (Å²) >= 11 is 0. The maximum Gasteiger partial charge on any atom is 0.273 e. The molecule has 1 aromatic heterocycles. The van der Waals surface area contributed by atoms with Gasteiger partial charge in [-0.3, -0.25) is 4.79 Å². The van der Waals surface area contributed by atoms with E-state index in [0.29, 0.717) is 5.69 Å². The molecule has 0 saturated carbocycles. The number of hydrogen-bond acceptors (Lipinski definition) is 4. The molecule has 0 radical (unpaired) electrons. The molecule has 0 atom stereocenters. The highest BCUT2D eigenvalue weighted by molar-refractivity contribution is 5.93. The van der Waals surface area contributed by atoms with Gasteiger partial charge in [0, 0.05) is 6.04 Å². The fourth-order valence-electron chi connectivity index (χ4n) is 3.43. The summed E-state index contributed by atoms with van der Waals surface area (Å²) < 4.78 is 1.71. The fourth-order valence-corrected chi connectivity index (χ4v) is 3.43. The van der Waals surface area contributed by atoms with Crippen LogP contribution in [0.4, 0.5) is 0 Å². The first-order chi connectivity index (χ1) is 13.2. The average molecular weight is 361 g/mol. The number of amides is 1. The Bertz CT molecular complexity index is 912. The van der Waals surface area contributed by atoms with E-state index in [1.54, 1.807) is 4.68 Å². The standard InChI is InChI=1S/C21H23N5O/c1-15-20(21(27)23-18-11-13-22-14-12-18)24-25-26(15)19-9-7-17(8-10-19)16-5-3-2-4-6-16/h2-10,18,22H,11-14H2,1H3,(H,23,27). The molecule has 0 unspecified atom stereocenters. The van der Waals surface area contributed by atoms with Gasteiger partial charge in [0.1, 0.15) is 0 Å². The van der Waals surface area contributed by atoms with Crippen LogP contribution in [0.3, 0.4) is 0 Å². The van der Waals surface area contributed by atoms with Crippen LogP contribution in [0, 0.1) is 6.92 Å². The van der Waals surface area contributed by atoms with E-state index in [0.717, 1.165) is 42.9 Å². The molecule has 2 N–H and O–H groups in total. The second-order valence-corrected chi connectivity index (χ2v) is 6.85. The molecule has 138 valence electrons. The molecule has 2 heterocycles. The van der Waals surface area contributed by atoms with Crippen molar-refractivity contribution < 1.29 is 4.79 Å². The van der Waals surface area contributed by atoms with Crippen LogP contribution in [0.15, 0.2) is 54.6 Å². The summed E-state index contributed by atoms with van der Waals surface area (Å²) in [6.07, 6.45) is 1.89. The summed E-state index contributed by atoms with van der Waals surface area (Å²) in [5.41, 5.74) is 4.33. The van der Waals surface area contributed by atoms with Gasteiger partial charge in [0.15, 0.2) is 5.69 Å². The van der Waals surface area contributed by atoms with E-state index in [1.807, 2.05) is 37.3 Å². The van der Waals surface area contributed by atoms with E-state index in [4.69, 9.17) is 0 Å². The van der Waals surface area contributed by atoms with Crippen LogP contribution in [0.25, 0.3) is 16.8 Å². The second kappa shape index (κ2) is 7.72. The molecule has 1 fully saturated rings. The minimum atomic E-state index is -0.147. The molecule has 27 heavy (non-hydrogen) atoms. The van der Waals surface area contributed by atoms with Crippen LogP contribution in [-0.4, -0.2) is 40.0 Å². The van der Waals surface area contributed by atoms with Gasteiger partial charge in [-0.25, -0.2) is 4.68 Å². The highest BCUT2D eigenvalue weighted by Gasteiger charge is 2.21. The number of nitrogens with zero attached hydrogens (tertiary/aromatic N) is 3. The number of benzene rings is 2. The number of piperidine rings is 1. The lowest BCUT2D eigenvalue weighted by molar-refractivity contribution is 0.0923.